The Labute approximate surface area is 71.5 Å². The van der Waals surface area contributed by atoms with Gasteiger partial charge in [-0.1, -0.05) is 0 Å². The minimum Gasteiger partial charge on any atom is -0.464 e. The Morgan fingerprint density at radius 2 is 2.50 bits per heavy atom. The van der Waals surface area contributed by atoms with Crippen LogP contribution < -0.4 is 0 Å². The van der Waals surface area contributed by atoms with Crippen LogP contribution in [0.2, 0.25) is 0 Å². The zero-order valence-corrected chi connectivity index (χ0v) is 7.16. The maximum atomic E-state index is 11.1. The van der Waals surface area contributed by atoms with E-state index in [1.165, 1.54) is 0 Å². The van der Waals surface area contributed by atoms with Crippen molar-refractivity contribution in [3.63, 3.8) is 0 Å². The number of rotatable bonds is 2. The zero-order valence-electron chi connectivity index (χ0n) is 7.16. The molecule has 1 heterocycles. The second-order valence-electron chi connectivity index (χ2n) is 2.79. The predicted octanol–water partition coefficient (Wildman–Crippen LogP) is 0.0894. The molecule has 1 aliphatic rings. The Hall–Kier alpha value is -0.610. The van der Waals surface area contributed by atoms with E-state index in [2.05, 4.69) is 0 Å². The summed E-state index contributed by atoms with van der Waals surface area (Å²) in [4.78, 5) is 11.1. The molecule has 4 nitrogen and oxygen atoms in total. The highest BCUT2D eigenvalue weighted by atomic mass is 16.6. The number of hydrogen-bond donors (Lipinski definition) is 1. The van der Waals surface area contributed by atoms with Gasteiger partial charge < -0.3 is 14.6 Å². The van der Waals surface area contributed by atoms with E-state index in [0.717, 1.165) is 0 Å². The van der Waals surface area contributed by atoms with Crippen LogP contribution in [0.15, 0.2) is 0 Å². The van der Waals surface area contributed by atoms with Crippen molar-refractivity contribution in [2.75, 3.05) is 13.2 Å². The molecule has 1 saturated heterocycles. The number of hydrogen-bond acceptors (Lipinski definition) is 4. The van der Waals surface area contributed by atoms with Crippen molar-refractivity contribution >= 4 is 5.97 Å². The molecule has 0 spiro atoms. The third kappa shape index (κ3) is 2.46. The maximum absolute atomic E-state index is 11.1. The molecule has 0 radical (unpaired) electrons. The van der Waals surface area contributed by atoms with Gasteiger partial charge in [-0.25, -0.2) is 4.79 Å². The lowest BCUT2D eigenvalue weighted by Crippen LogP contribution is -2.35. The highest BCUT2D eigenvalue weighted by Crippen LogP contribution is 2.14. The lowest BCUT2D eigenvalue weighted by molar-refractivity contribution is -0.163. The van der Waals surface area contributed by atoms with Gasteiger partial charge in [0.2, 0.25) is 0 Å². The molecule has 0 bridgehead atoms. The summed E-state index contributed by atoms with van der Waals surface area (Å²) in [5.74, 6) is -0.365. The first-order chi connectivity index (χ1) is 5.74. The smallest absolute Gasteiger partial charge is 0.335 e. The van der Waals surface area contributed by atoms with Crippen molar-refractivity contribution in [2.45, 2.75) is 32.0 Å². The van der Waals surface area contributed by atoms with Crippen molar-refractivity contribution in [3.05, 3.63) is 0 Å². The van der Waals surface area contributed by atoms with E-state index in [1.54, 1.807) is 6.92 Å². The molecule has 0 aromatic heterocycles. The van der Waals surface area contributed by atoms with E-state index in [4.69, 9.17) is 9.47 Å². The molecule has 0 aromatic carbocycles. The van der Waals surface area contributed by atoms with Gasteiger partial charge in [-0.05, 0) is 13.3 Å². The Balaban J connectivity index is 2.35. The largest absolute Gasteiger partial charge is 0.464 e. The molecule has 1 aliphatic heterocycles. The Morgan fingerprint density at radius 1 is 1.75 bits per heavy atom. The molecule has 1 N–H and O–H groups in total. The summed E-state index contributed by atoms with van der Waals surface area (Å²) >= 11 is 0. The monoisotopic (exact) mass is 174 g/mol. The summed E-state index contributed by atoms with van der Waals surface area (Å²) in [7, 11) is 0. The predicted molar refractivity (Wildman–Crippen MR) is 41.6 cm³/mol. The van der Waals surface area contributed by atoms with E-state index in [9.17, 15) is 9.90 Å². The summed E-state index contributed by atoms with van der Waals surface area (Å²) in [5.41, 5.74) is 0. The third-order valence-corrected chi connectivity index (χ3v) is 1.81. The van der Waals surface area contributed by atoms with Gasteiger partial charge in [-0.3, -0.25) is 0 Å². The Kier molecular flexibility index (Phi) is 3.49. The minimum absolute atomic E-state index is 0.356. The van der Waals surface area contributed by atoms with Crippen molar-refractivity contribution < 1.29 is 19.4 Å². The number of aliphatic hydroxyl groups excluding tert-OH is 1. The van der Waals surface area contributed by atoms with Crippen LogP contribution in [-0.2, 0) is 14.3 Å². The molecule has 0 aliphatic carbocycles. The quantitative estimate of drug-likeness (QED) is 0.603. The summed E-state index contributed by atoms with van der Waals surface area (Å²) < 4.78 is 9.88. The second kappa shape index (κ2) is 4.42. The normalized spacial score (nSPS) is 29.8. The van der Waals surface area contributed by atoms with Crippen LogP contribution in [0.3, 0.4) is 0 Å². The fourth-order valence-electron chi connectivity index (χ4n) is 1.18. The van der Waals surface area contributed by atoms with Gasteiger partial charge in [0, 0.05) is 6.42 Å². The van der Waals surface area contributed by atoms with Crippen LogP contribution in [0.5, 0.6) is 0 Å². The minimum atomic E-state index is -0.561. The molecule has 4 heteroatoms. The Morgan fingerprint density at radius 3 is 3.08 bits per heavy atom. The first-order valence-electron chi connectivity index (χ1n) is 4.20. The fourth-order valence-corrected chi connectivity index (χ4v) is 1.18. The zero-order chi connectivity index (χ0) is 8.97. The average Bonchev–Trinajstić information content (AvgIpc) is 2.05. The average molecular weight is 174 g/mol. The van der Waals surface area contributed by atoms with Crippen molar-refractivity contribution in [1.82, 2.24) is 0 Å². The maximum Gasteiger partial charge on any atom is 0.335 e. The topological polar surface area (TPSA) is 55.8 Å². The highest BCUT2D eigenvalue weighted by molar-refractivity contribution is 5.74. The van der Waals surface area contributed by atoms with Gasteiger partial charge in [-0.2, -0.15) is 0 Å². The Bertz CT molecular complexity index is 157. The molecule has 0 amide bonds. The van der Waals surface area contributed by atoms with E-state index in [1.807, 2.05) is 0 Å². The molecular formula is C8H14O4. The first kappa shape index (κ1) is 9.48. The summed E-state index contributed by atoms with van der Waals surface area (Å²) in [5, 5.41) is 9.21. The molecular weight excluding hydrogens is 160 g/mol. The van der Waals surface area contributed by atoms with Gasteiger partial charge in [0.25, 0.3) is 0 Å². The molecule has 0 unspecified atom stereocenters. The first-order valence-corrected chi connectivity index (χ1v) is 4.20. The SMILES string of the molecule is CCOC(=O)[C@@H]1C[C@H](O)CCO1. The fraction of sp³-hybridized carbons (Fsp3) is 0.875. The van der Waals surface area contributed by atoms with E-state index < -0.39 is 12.2 Å². The van der Waals surface area contributed by atoms with E-state index >= 15 is 0 Å². The number of carbonyl (C=O) groups excluding carboxylic acids is 1. The number of carbonyl (C=O) groups is 1. The lowest BCUT2D eigenvalue weighted by atomic mass is 10.1. The third-order valence-electron chi connectivity index (χ3n) is 1.81. The van der Waals surface area contributed by atoms with Gasteiger partial charge in [0.05, 0.1) is 19.3 Å². The molecule has 1 fully saturated rings. The van der Waals surface area contributed by atoms with Crippen molar-refractivity contribution in [1.29, 1.82) is 0 Å². The highest BCUT2D eigenvalue weighted by Gasteiger charge is 2.27. The van der Waals surface area contributed by atoms with Gasteiger partial charge in [0.1, 0.15) is 0 Å². The standard InChI is InChI=1S/C8H14O4/c1-2-11-8(10)7-5-6(9)3-4-12-7/h6-7,9H,2-5H2,1H3/t6-,7+/m1/s1. The molecule has 0 aromatic rings. The van der Waals surface area contributed by atoms with Crippen LogP contribution >= 0.6 is 0 Å². The van der Waals surface area contributed by atoms with Crippen LogP contribution in [0.4, 0.5) is 0 Å². The van der Waals surface area contributed by atoms with Crippen LogP contribution in [0, 0.1) is 0 Å². The molecule has 70 valence electrons. The summed E-state index contributed by atoms with van der Waals surface area (Å²) in [6.45, 7) is 2.54. The summed E-state index contributed by atoms with van der Waals surface area (Å²) in [6, 6.07) is 0. The van der Waals surface area contributed by atoms with Gasteiger partial charge >= 0.3 is 5.97 Å². The number of ether oxygens (including phenoxy) is 2. The van der Waals surface area contributed by atoms with E-state index in [0.29, 0.717) is 26.1 Å². The number of esters is 1. The van der Waals surface area contributed by atoms with E-state index in [-0.39, 0.29) is 5.97 Å². The van der Waals surface area contributed by atoms with Gasteiger partial charge in [-0.15, -0.1) is 0 Å². The lowest BCUT2D eigenvalue weighted by Gasteiger charge is -2.24. The summed E-state index contributed by atoms with van der Waals surface area (Å²) in [6.07, 6.45) is -0.0174. The van der Waals surface area contributed by atoms with Crippen molar-refractivity contribution in [2.24, 2.45) is 0 Å². The van der Waals surface area contributed by atoms with Crippen LogP contribution in [-0.4, -0.2) is 36.5 Å². The molecule has 0 saturated carbocycles. The van der Waals surface area contributed by atoms with Crippen molar-refractivity contribution in [3.8, 4) is 0 Å². The van der Waals surface area contributed by atoms with Gasteiger partial charge in [0.15, 0.2) is 6.10 Å². The molecule has 2 atom stereocenters. The number of aliphatic hydroxyl groups is 1. The molecule has 1 rings (SSSR count). The van der Waals surface area contributed by atoms with Crippen LogP contribution in [0.25, 0.3) is 0 Å². The second-order valence-corrected chi connectivity index (χ2v) is 2.79. The molecule has 12 heavy (non-hydrogen) atoms. The van der Waals surface area contributed by atoms with Crippen LogP contribution in [0.1, 0.15) is 19.8 Å².